The highest BCUT2D eigenvalue weighted by Crippen LogP contribution is 2.27. The zero-order chi connectivity index (χ0) is 17.3. The topological polar surface area (TPSA) is 90.0 Å². The van der Waals surface area contributed by atoms with Gasteiger partial charge in [-0.1, -0.05) is 29.3 Å². The predicted octanol–water partition coefficient (Wildman–Crippen LogP) is 3.15. The first-order chi connectivity index (χ1) is 11.5. The van der Waals surface area contributed by atoms with Crippen LogP contribution in [0.25, 0.3) is 17.1 Å². The zero-order valence-corrected chi connectivity index (χ0v) is 13.8. The van der Waals surface area contributed by atoms with Gasteiger partial charge in [0.1, 0.15) is 5.69 Å². The second-order valence-electron chi connectivity index (χ2n) is 4.80. The van der Waals surface area contributed by atoms with E-state index in [1.54, 1.807) is 24.3 Å². The third-order valence-corrected chi connectivity index (χ3v) is 3.57. The lowest BCUT2D eigenvalue weighted by molar-refractivity contribution is -0.114. The smallest absolute Gasteiger partial charge is 0.387 e. The SMILES string of the molecule is CC(=O)Nc1cccc(-c2nn(-c3c(Cl)cncc3Cl)c(=O)o2)c1. The number of nitrogens with zero attached hydrogens (tertiary/aromatic N) is 3. The van der Waals surface area contributed by atoms with Crippen LogP contribution in [0.3, 0.4) is 0 Å². The molecule has 7 nitrogen and oxygen atoms in total. The van der Waals surface area contributed by atoms with E-state index in [4.69, 9.17) is 27.6 Å². The normalized spacial score (nSPS) is 10.6. The Kier molecular flexibility index (Phi) is 4.37. The van der Waals surface area contributed by atoms with E-state index in [0.29, 0.717) is 11.3 Å². The van der Waals surface area contributed by atoms with E-state index < -0.39 is 5.76 Å². The van der Waals surface area contributed by atoms with Crippen molar-refractivity contribution in [2.45, 2.75) is 6.92 Å². The minimum absolute atomic E-state index is 0.0659. The molecule has 1 aromatic carbocycles. The Hall–Kier alpha value is -2.64. The van der Waals surface area contributed by atoms with Gasteiger partial charge in [0.2, 0.25) is 11.8 Å². The Labute approximate surface area is 145 Å². The van der Waals surface area contributed by atoms with Crippen LogP contribution < -0.4 is 11.1 Å². The van der Waals surface area contributed by atoms with Crippen LogP contribution in [0.15, 0.2) is 45.9 Å². The number of aromatic nitrogens is 3. The van der Waals surface area contributed by atoms with Gasteiger partial charge in [-0.3, -0.25) is 9.78 Å². The van der Waals surface area contributed by atoms with E-state index in [2.05, 4.69) is 15.4 Å². The number of rotatable bonds is 3. The Morgan fingerprint density at radius 2 is 1.96 bits per heavy atom. The van der Waals surface area contributed by atoms with Crippen LogP contribution in [0.2, 0.25) is 10.0 Å². The minimum atomic E-state index is -0.745. The first kappa shape index (κ1) is 16.2. The summed E-state index contributed by atoms with van der Waals surface area (Å²) in [6.45, 7) is 1.40. The summed E-state index contributed by atoms with van der Waals surface area (Å²) in [5.74, 6) is -0.893. The van der Waals surface area contributed by atoms with Crippen molar-refractivity contribution in [3.05, 3.63) is 57.3 Å². The maximum Gasteiger partial charge on any atom is 0.442 e. The number of nitrogens with one attached hydrogen (secondary N) is 1. The van der Waals surface area contributed by atoms with Gasteiger partial charge in [-0.25, -0.2) is 4.79 Å². The monoisotopic (exact) mass is 364 g/mol. The molecule has 2 aromatic heterocycles. The second-order valence-corrected chi connectivity index (χ2v) is 5.61. The molecule has 0 bridgehead atoms. The van der Waals surface area contributed by atoms with Gasteiger partial charge in [0, 0.05) is 30.6 Å². The van der Waals surface area contributed by atoms with Gasteiger partial charge < -0.3 is 9.73 Å². The van der Waals surface area contributed by atoms with Crippen LogP contribution in [-0.4, -0.2) is 20.7 Å². The summed E-state index contributed by atoms with van der Waals surface area (Å²) in [5, 5.41) is 7.09. The molecule has 3 aromatic rings. The summed E-state index contributed by atoms with van der Waals surface area (Å²) in [7, 11) is 0. The highest BCUT2D eigenvalue weighted by Gasteiger charge is 2.17. The number of amides is 1. The van der Waals surface area contributed by atoms with Crippen molar-refractivity contribution >= 4 is 34.8 Å². The lowest BCUT2D eigenvalue weighted by Crippen LogP contribution is -2.14. The molecule has 0 spiro atoms. The van der Waals surface area contributed by atoms with Crippen molar-refractivity contribution in [3.8, 4) is 17.1 Å². The largest absolute Gasteiger partial charge is 0.442 e. The third-order valence-electron chi connectivity index (χ3n) is 3.02. The summed E-state index contributed by atoms with van der Waals surface area (Å²) in [6, 6.07) is 6.73. The number of halogens is 2. The zero-order valence-electron chi connectivity index (χ0n) is 12.3. The number of hydrogen-bond acceptors (Lipinski definition) is 5. The van der Waals surface area contributed by atoms with Gasteiger partial charge in [-0.2, -0.15) is 4.68 Å². The average Bonchev–Trinajstić information content (AvgIpc) is 2.89. The molecular weight excluding hydrogens is 355 g/mol. The fourth-order valence-electron chi connectivity index (χ4n) is 2.08. The Morgan fingerprint density at radius 3 is 2.62 bits per heavy atom. The molecule has 0 atom stereocenters. The van der Waals surface area contributed by atoms with Crippen molar-refractivity contribution in [2.75, 3.05) is 5.32 Å². The second kappa shape index (κ2) is 6.46. The van der Waals surface area contributed by atoms with Crippen molar-refractivity contribution in [2.24, 2.45) is 0 Å². The number of hydrogen-bond donors (Lipinski definition) is 1. The van der Waals surface area contributed by atoms with Gasteiger partial charge >= 0.3 is 5.76 Å². The molecular formula is C15H10Cl2N4O3. The first-order valence-electron chi connectivity index (χ1n) is 6.73. The Morgan fingerprint density at radius 1 is 1.25 bits per heavy atom. The maximum atomic E-state index is 12.1. The summed E-state index contributed by atoms with van der Waals surface area (Å²) < 4.78 is 6.14. The van der Waals surface area contributed by atoms with Crippen molar-refractivity contribution in [1.29, 1.82) is 0 Å². The van der Waals surface area contributed by atoms with E-state index in [1.165, 1.54) is 19.3 Å². The first-order valence-corrected chi connectivity index (χ1v) is 7.49. The van der Waals surface area contributed by atoms with Crippen LogP contribution >= 0.6 is 23.2 Å². The molecule has 0 saturated heterocycles. The van der Waals surface area contributed by atoms with E-state index >= 15 is 0 Å². The lowest BCUT2D eigenvalue weighted by Gasteiger charge is -2.03. The molecule has 1 N–H and O–H groups in total. The molecule has 122 valence electrons. The van der Waals surface area contributed by atoms with Gasteiger partial charge in [0.25, 0.3) is 0 Å². The van der Waals surface area contributed by atoms with Crippen LogP contribution in [-0.2, 0) is 4.79 Å². The molecule has 2 heterocycles. The molecule has 0 fully saturated rings. The molecule has 0 unspecified atom stereocenters. The number of carbonyl (C=O) groups is 1. The molecule has 24 heavy (non-hydrogen) atoms. The van der Waals surface area contributed by atoms with Crippen LogP contribution in [0.1, 0.15) is 6.92 Å². The molecule has 9 heteroatoms. The summed E-state index contributed by atoms with van der Waals surface area (Å²) >= 11 is 12.1. The summed E-state index contributed by atoms with van der Waals surface area (Å²) in [5.41, 5.74) is 1.25. The van der Waals surface area contributed by atoms with Gasteiger partial charge in [0.05, 0.1) is 10.0 Å². The highest BCUT2D eigenvalue weighted by molar-refractivity contribution is 6.37. The van der Waals surface area contributed by atoms with E-state index in [-0.39, 0.29) is 27.5 Å². The summed E-state index contributed by atoms with van der Waals surface area (Å²) in [6.07, 6.45) is 2.70. The molecule has 0 radical (unpaired) electrons. The lowest BCUT2D eigenvalue weighted by atomic mass is 10.2. The standard InChI is InChI=1S/C15H10Cl2N4O3/c1-8(22)19-10-4-2-3-9(5-10)14-20-21(15(23)24-14)13-11(16)6-18-7-12(13)17/h2-7H,1H3,(H,19,22). The molecule has 0 saturated carbocycles. The number of pyridine rings is 1. The Balaban J connectivity index is 2.07. The molecule has 0 aliphatic rings. The van der Waals surface area contributed by atoms with Crippen LogP contribution in [0, 0.1) is 0 Å². The minimum Gasteiger partial charge on any atom is -0.387 e. The fraction of sp³-hybridized carbons (Fsp3) is 0.0667. The van der Waals surface area contributed by atoms with E-state index in [1.807, 2.05) is 0 Å². The number of benzene rings is 1. The van der Waals surface area contributed by atoms with E-state index in [9.17, 15) is 9.59 Å². The van der Waals surface area contributed by atoms with Gasteiger partial charge in [-0.05, 0) is 18.2 Å². The molecule has 3 rings (SSSR count). The van der Waals surface area contributed by atoms with Gasteiger partial charge in [0.15, 0.2) is 0 Å². The molecule has 1 amide bonds. The van der Waals surface area contributed by atoms with Crippen molar-refractivity contribution in [3.63, 3.8) is 0 Å². The number of anilines is 1. The molecule has 0 aliphatic heterocycles. The molecule has 0 aliphatic carbocycles. The third kappa shape index (κ3) is 3.17. The Bertz CT molecular complexity index is 961. The number of carbonyl (C=O) groups excluding carboxylic acids is 1. The van der Waals surface area contributed by atoms with Crippen molar-refractivity contribution < 1.29 is 9.21 Å². The highest BCUT2D eigenvalue weighted by atomic mass is 35.5. The summed E-state index contributed by atoms with van der Waals surface area (Å²) in [4.78, 5) is 27.1. The maximum absolute atomic E-state index is 12.1. The average molecular weight is 365 g/mol. The van der Waals surface area contributed by atoms with E-state index in [0.717, 1.165) is 4.68 Å². The predicted molar refractivity (Wildman–Crippen MR) is 89.7 cm³/mol. The van der Waals surface area contributed by atoms with Crippen molar-refractivity contribution in [1.82, 2.24) is 14.8 Å². The van der Waals surface area contributed by atoms with Crippen LogP contribution in [0.5, 0.6) is 0 Å². The fourth-order valence-corrected chi connectivity index (χ4v) is 2.60. The quantitative estimate of drug-likeness (QED) is 0.770. The van der Waals surface area contributed by atoms with Gasteiger partial charge in [-0.15, -0.1) is 5.10 Å². The van der Waals surface area contributed by atoms with Crippen LogP contribution in [0.4, 0.5) is 5.69 Å².